The number of aromatic nitrogens is 2. The van der Waals surface area contributed by atoms with Crippen molar-refractivity contribution < 1.29 is 9.13 Å². The van der Waals surface area contributed by atoms with Crippen molar-refractivity contribution in [3.05, 3.63) is 30.1 Å². The molecule has 0 bridgehead atoms. The average Bonchev–Trinajstić information content (AvgIpc) is 2.97. The molecule has 1 aliphatic heterocycles. The fourth-order valence-corrected chi connectivity index (χ4v) is 2.24. The van der Waals surface area contributed by atoms with Crippen LogP contribution in [0.1, 0.15) is 0 Å². The van der Waals surface area contributed by atoms with Gasteiger partial charge in [-0.15, -0.1) is 5.11 Å². The Morgan fingerprint density at radius 1 is 1.32 bits per heavy atom. The highest BCUT2D eigenvalue weighted by atomic mass is 19.1. The van der Waals surface area contributed by atoms with Gasteiger partial charge in [0.1, 0.15) is 5.82 Å². The van der Waals surface area contributed by atoms with E-state index in [2.05, 4.69) is 30.6 Å². The summed E-state index contributed by atoms with van der Waals surface area (Å²) in [7, 11) is 1.78. The molecule has 1 saturated heterocycles. The van der Waals surface area contributed by atoms with Crippen molar-refractivity contribution >= 4 is 23.0 Å². The van der Waals surface area contributed by atoms with Crippen LogP contribution >= 0.6 is 0 Å². The van der Waals surface area contributed by atoms with Crippen molar-refractivity contribution in [3.8, 4) is 0 Å². The number of hydrogen-bond acceptors (Lipinski definition) is 6. The summed E-state index contributed by atoms with van der Waals surface area (Å²) in [4.78, 5) is 2.08. The summed E-state index contributed by atoms with van der Waals surface area (Å²) < 4.78 is 18.5. The lowest BCUT2D eigenvalue weighted by Gasteiger charge is -2.26. The lowest BCUT2D eigenvalue weighted by molar-refractivity contribution is 0.122. The number of morpholine rings is 1. The summed E-state index contributed by atoms with van der Waals surface area (Å²) in [6.07, 6.45) is 0. The maximum atomic E-state index is 13.2. The number of rotatable bonds is 4. The first kappa shape index (κ1) is 14.5. The molecule has 22 heavy (non-hydrogen) atoms. The van der Waals surface area contributed by atoms with Crippen LogP contribution in [0.3, 0.4) is 0 Å². The van der Waals surface area contributed by atoms with E-state index in [1.54, 1.807) is 19.2 Å². The summed E-state index contributed by atoms with van der Waals surface area (Å²) in [5, 5.41) is 18.5. The molecule has 0 radical (unpaired) electrons. The molecule has 3 rings (SSSR count). The second-order valence-corrected chi connectivity index (χ2v) is 4.80. The van der Waals surface area contributed by atoms with Gasteiger partial charge in [0.05, 0.1) is 18.9 Å². The second-order valence-electron chi connectivity index (χ2n) is 4.80. The van der Waals surface area contributed by atoms with Crippen LogP contribution in [0.4, 0.5) is 27.4 Å². The van der Waals surface area contributed by atoms with E-state index in [1.165, 1.54) is 12.1 Å². The SMILES string of the molecule is CNc1[nH]nc(N2CCOCC2)c1N=Nc1cccc(F)c1. The van der Waals surface area contributed by atoms with Gasteiger partial charge < -0.3 is 15.0 Å². The zero-order valence-corrected chi connectivity index (χ0v) is 12.2. The molecular weight excluding hydrogens is 287 g/mol. The van der Waals surface area contributed by atoms with Crippen LogP contribution in [-0.4, -0.2) is 43.5 Å². The number of azo groups is 1. The van der Waals surface area contributed by atoms with Gasteiger partial charge in [0.25, 0.3) is 0 Å². The molecule has 0 unspecified atom stereocenters. The zero-order valence-electron chi connectivity index (χ0n) is 12.2. The number of ether oxygens (including phenoxy) is 1. The van der Waals surface area contributed by atoms with Gasteiger partial charge in [-0.2, -0.15) is 10.2 Å². The average molecular weight is 304 g/mol. The van der Waals surface area contributed by atoms with Gasteiger partial charge in [0.15, 0.2) is 17.3 Å². The zero-order chi connectivity index (χ0) is 15.4. The number of hydrogen-bond donors (Lipinski definition) is 2. The van der Waals surface area contributed by atoms with E-state index in [-0.39, 0.29) is 5.82 Å². The highest BCUT2D eigenvalue weighted by Crippen LogP contribution is 2.35. The molecule has 7 nitrogen and oxygen atoms in total. The molecule has 0 aliphatic carbocycles. The Morgan fingerprint density at radius 3 is 2.86 bits per heavy atom. The molecule has 1 fully saturated rings. The molecule has 1 aromatic carbocycles. The Hall–Kier alpha value is -2.48. The summed E-state index contributed by atoms with van der Waals surface area (Å²) in [6.45, 7) is 2.80. The largest absolute Gasteiger partial charge is 0.378 e. The first-order valence-electron chi connectivity index (χ1n) is 7.04. The summed E-state index contributed by atoms with van der Waals surface area (Å²) in [6, 6.07) is 5.99. The predicted octanol–water partition coefficient (Wildman–Crippen LogP) is 2.84. The van der Waals surface area contributed by atoms with E-state index < -0.39 is 0 Å². The van der Waals surface area contributed by atoms with Crippen molar-refractivity contribution in [2.24, 2.45) is 10.2 Å². The van der Waals surface area contributed by atoms with E-state index in [4.69, 9.17) is 4.74 Å². The van der Waals surface area contributed by atoms with Crippen LogP contribution in [0.15, 0.2) is 34.5 Å². The first-order chi connectivity index (χ1) is 10.8. The fourth-order valence-electron chi connectivity index (χ4n) is 2.24. The van der Waals surface area contributed by atoms with Crippen molar-refractivity contribution in [3.63, 3.8) is 0 Å². The van der Waals surface area contributed by atoms with Crippen molar-refractivity contribution in [2.75, 3.05) is 43.6 Å². The van der Waals surface area contributed by atoms with E-state index in [1.807, 2.05) is 0 Å². The van der Waals surface area contributed by atoms with Crippen LogP contribution < -0.4 is 10.2 Å². The van der Waals surface area contributed by atoms with E-state index in [0.29, 0.717) is 36.2 Å². The van der Waals surface area contributed by atoms with Gasteiger partial charge in [0.2, 0.25) is 0 Å². The Kier molecular flexibility index (Phi) is 4.29. The van der Waals surface area contributed by atoms with E-state index in [9.17, 15) is 4.39 Å². The topological polar surface area (TPSA) is 77.9 Å². The van der Waals surface area contributed by atoms with Crippen molar-refractivity contribution in [1.29, 1.82) is 0 Å². The summed E-state index contributed by atoms with van der Waals surface area (Å²) in [5.74, 6) is 1.04. The number of halogens is 1. The Bertz CT molecular complexity index is 665. The normalized spacial score (nSPS) is 15.5. The minimum atomic E-state index is -0.342. The molecule has 0 saturated carbocycles. The smallest absolute Gasteiger partial charge is 0.180 e. The monoisotopic (exact) mass is 304 g/mol. The quantitative estimate of drug-likeness (QED) is 0.851. The molecular formula is C14H17FN6O. The molecule has 0 atom stereocenters. The maximum Gasteiger partial charge on any atom is 0.180 e. The van der Waals surface area contributed by atoms with Crippen LogP contribution in [0.5, 0.6) is 0 Å². The Morgan fingerprint density at radius 2 is 2.14 bits per heavy atom. The van der Waals surface area contributed by atoms with Crippen LogP contribution in [0, 0.1) is 5.82 Å². The number of aromatic amines is 1. The van der Waals surface area contributed by atoms with E-state index in [0.717, 1.165) is 13.1 Å². The third-order valence-corrected chi connectivity index (χ3v) is 3.36. The maximum absolute atomic E-state index is 13.2. The third kappa shape index (κ3) is 3.06. The Labute approximate surface area is 127 Å². The number of benzene rings is 1. The molecule has 8 heteroatoms. The molecule has 1 aromatic heterocycles. The molecule has 2 heterocycles. The van der Waals surface area contributed by atoms with Crippen LogP contribution in [0.25, 0.3) is 0 Å². The minimum absolute atomic E-state index is 0.342. The predicted molar refractivity (Wildman–Crippen MR) is 81.7 cm³/mol. The summed E-state index contributed by atoms with van der Waals surface area (Å²) in [5.41, 5.74) is 1.06. The second kappa shape index (κ2) is 6.52. The highest BCUT2D eigenvalue weighted by Gasteiger charge is 2.20. The number of nitrogens with zero attached hydrogens (tertiary/aromatic N) is 4. The molecule has 0 amide bonds. The van der Waals surface area contributed by atoms with Crippen LogP contribution in [0.2, 0.25) is 0 Å². The van der Waals surface area contributed by atoms with Gasteiger partial charge in [-0.25, -0.2) is 4.39 Å². The van der Waals surface area contributed by atoms with Gasteiger partial charge in [-0.1, -0.05) is 6.07 Å². The van der Waals surface area contributed by atoms with E-state index >= 15 is 0 Å². The molecule has 2 aromatic rings. The lowest BCUT2D eigenvalue weighted by Crippen LogP contribution is -2.36. The number of nitrogens with one attached hydrogen (secondary N) is 2. The van der Waals surface area contributed by atoms with Gasteiger partial charge in [0, 0.05) is 26.2 Å². The third-order valence-electron chi connectivity index (χ3n) is 3.36. The minimum Gasteiger partial charge on any atom is -0.378 e. The first-order valence-corrected chi connectivity index (χ1v) is 7.04. The van der Waals surface area contributed by atoms with Crippen LogP contribution in [-0.2, 0) is 4.74 Å². The van der Waals surface area contributed by atoms with Crippen molar-refractivity contribution in [1.82, 2.24) is 10.2 Å². The van der Waals surface area contributed by atoms with Gasteiger partial charge in [-0.05, 0) is 12.1 Å². The number of H-pyrrole nitrogens is 1. The number of anilines is 2. The molecule has 0 spiro atoms. The standard InChI is InChI=1S/C14H17FN6O/c1-16-13-12(18-17-11-4-2-3-10(15)9-11)14(20-19-13)21-5-7-22-8-6-21/h2-4,9H,5-8H2,1H3,(H2,16,19,20). The van der Waals surface area contributed by atoms with Gasteiger partial charge >= 0.3 is 0 Å². The molecule has 2 N–H and O–H groups in total. The highest BCUT2D eigenvalue weighted by molar-refractivity contribution is 5.75. The summed E-state index contributed by atoms with van der Waals surface area (Å²) >= 11 is 0. The fraction of sp³-hybridized carbons (Fsp3) is 0.357. The molecule has 1 aliphatic rings. The Balaban J connectivity index is 1.89. The lowest BCUT2D eigenvalue weighted by atomic mass is 10.3. The molecule has 116 valence electrons. The van der Waals surface area contributed by atoms with Crippen molar-refractivity contribution in [2.45, 2.75) is 0 Å². The van der Waals surface area contributed by atoms with Gasteiger partial charge in [-0.3, -0.25) is 5.10 Å².